The highest BCUT2D eigenvalue weighted by Gasteiger charge is 2.21. The van der Waals surface area contributed by atoms with Crippen molar-refractivity contribution in [3.05, 3.63) is 22.2 Å². The number of rotatable bonds is 4. The topological polar surface area (TPSA) is 21.7 Å². The number of benzene rings is 1. The predicted octanol–water partition coefficient (Wildman–Crippen LogP) is 3.58. The minimum atomic E-state index is 0.207. The second kappa shape index (κ2) is 5.80. The van der Waals surface area contributed by atoms with Gasteiger partial charge in [-0.1, -0.05) is 23.2 Å². The molecule has 0 spiro atoms. The first kappa shape index (κ1) is 12.8. The molecule has 5 heteroatoms. The van der Waals surface area contributed by atoms with E-state index in [-0.39, 0.29) is 6.79 Å². The molecule has 1 aliphatic rings. The van der Waals surface area contributed by atoms with Crippen molar-refractivity contribution in [1.29, 1.82) is 0 Å². The molecule has 0 bridgehead atoms. The first-order chi connectivity index (χ1) is 8.24. The summed E-state index contributed by atoms with van der Waals surface area (Å²) in [5, 5.41) is 1.11. The van der Waals surface area contributed by atoms with Crippen molar-refractivity contribution in [2.75, 3.05) is 31.9 Å². The second-order valence-corrected chi connectivity index (χ2v) is 4.74. The monoisotopic (exact) mass is 275 g/mol. The van der Waals surface area contributed by atoms with Crippen LogP contribution >= 0.6 is 23.2 Å². The number of hydrogen-bond acceptors (Lipinski definition) is 3. The van der Waals surface area contributed by atoms with Gasteiger partial charge in [0.2, 0.25) is 0 Å². The van der Waals surface area contributed by atoms with Gasteiger partial charge in [0.15, 0.2) is 6.79 Å². The number of anilines is 1. The van der Waals surface area contributed by atoms with Gasteiger partial charge in [-0.05, 0) is 25.0 Å². The van der Waals surface area contributed by atoms with E-state index in [0.29, 0.717) is 10.0 Å². The number of halogens is 2. The highest BCUT2D eigenvalue weighted by molar-refractivity contribution is 6.44. The maximum absolute atomic E-state index is 6.26. The van der Waals surface area contributed by atoms with Gasteiger partial charge in [0.1, 0.15) is 5.75 Å². The van der Waals surface area contributed by atoms with Crippen molar-refractivity contribution in [1.82, 2.24) is 0 Å². The van der Waals surface area contributed by atoms with Gasteiger partial charge in [-0.15, -0.1) is 0 Å². The third-order valence-electron chi connectivity index (χ3n) is 2.79. The molecule has 1 saturated heterocycles. The van der Waals surface area contributed by atoms with Crippen LogP contribution in [-0.4, -0.2) is 27.0 Å². The largest absolute Gasteiger partial charge is 0.465 e. The lowest BCUT2D eigenvalue weighted by molar-refractivity contribution is 0.0514. The van der Waals surface area contributed by atoms with Gasteiger partial charge in [-0.3, -0.25) is 0 Å². The van der Waals surface area contributed by atoms with E-state index in [1.807, 2.05) is 6.07 Å². The minimum Gasteiger partial charge on any atom is -0.465 e. The Bertz CT molecular complexity index is 392. The zero-order chi connectivity index (χ0) is 12.3. The molecule has 1 fully saturated rings. The summed E-state index contributed by atoms with van der Waals surface area (Å²) < 4.78 is 10.4. The summed E-state index contributed by atoms with van der Waals surface area (Å²) >= 11 is 12.3. The summed E-state index contributed by atoms with van der Waals surface area (Å²) in [7, 11) is 1.59. The lowest BCUT2D eigenvalue weighted by Gasteiger charge is -2.23. The van der Waals surface area contributed by atoms with Crippen LogP contribution in [0.5, 0.6) is 5.75 Å². The van der Waals surface area contributed by atoms with Crippen LogP contribution in [0.2, 0.25) is 10.0 Å². The van der Waals surface area contributed by atoms with Crippen molar-refractivity contribution < 1.29 is 9.47 Å². The normalized spacial score (nSPS) is 15.4. The number of ether oxygens (including phenoxy) is 2. The highest BCUT2D eigenvalue weighted by atomic mass is 35.5. The van der Waals surface area contributed by atoms with Gasteiger partial charge in [0, 0.05) is 20.2 Å². The third kappa shape index (κ3) is 2.79. The van der Waals surface area contributed by atoms with Gasteiger partial charge in [0.25, 0.3) is 0 Å². The van der Waals surface area contributed by atoms with Crippen LogP contribution in [0.1, 0.15) is 12.8 Å². The Kier molecular flexibility index (Phi) is 4.37. The maximum atomic E-state index is 6.26. The molecular weight excluding hydrogens is 261 g/mol. The molecule has 94 valence electrons. The molecule has 2 rings (SSSR count). The van der Waals surface area contributed by atoms with E-state index in [1.54, 1.807) is 13.2 Å². The number of nitrogens with zero attached hydrogens (tertiary/aromatic N) is 1. The van der Waals surface area contributed by atoms with Crippen LogP contribution < -0.4 is 9.64 Å². The lowest BCUT2D eigenvalue weighted by Crippen LogP contribution is -2.19. The smallest absolute Gasteiger partial charge is 0.188 e. The maximum Gasteiger partial charge on any atom is 0.188 e. The first-order valence-electron chi connectivity index (χ1n) is 5.58. The zero-order valence-corrected chi connectivity index (χ0v) is 11.2. The molecule has 0 N–H and O–H groups in total. The van der Waals surface area contributed by atoms with Gasteiger partial charge in [-0.2, -0.15) is 0 Å². The van der Waals surface area contributed by atoms with E-state index >= 15 is 0 Å². The highest BCUT2D eigenvalue weighted by Crippen LogP contribution is 2.41. The summed E-state index contributed by atoms with van der Waals surface area (Å²) in [4.78, 5) is 2.21. The summed E-state index contributed by atoms with van der Waals surface area (Å²) in [6, 6.07) is 3.58. The molecule has 17 heavy (non-hydrogen) atoms. The Morgan fingerprint density at radius 3 is 2.59 bits per heavy atom. The molecule has 1 heterocycles. The van der Waals surface area contributed by atoms with Gasteiger partial charge >= 0.3 is 0 Å². The van der Waals surface area contributed by atoms with Crippen LogP contribution in [0.4, 0.5) is 5.69 Å². The molecule has 1 aliphatic heterocycles. The Morgan fingerprint density at radius 1 is 1.24 bits per heavy atom. The van der Waals surface area contributed by atoms with Crippen molar-refractivity contribution >= 4 is 28.9 Å². The van der Waals surface area contributed by atoms with Crippen molar-refractivity contribution in [3.63, 3.8) is 0 Å². The number of methoxy groups -OCH3 is 1. The molecule has 0 saturated carbocycles. The predicted molar refractivity (Wildman–Crippen MR) is 70.4 cm³/mol. The van der Waals surface area contributed by atoms with Crippen molar-refractivity contribution in [2.24, 2.45) is 0 Å². The van der Waals surface area contributed by atoms with E-state index < -0.39 is 0 Å². The minimum absolute atomic E-state index is 0.207. The summed E-state index contributed by atoms with van der Waals surface area (Å²) in [6.45, 7) is 2.19. The quantitative estimate of drug-likeness (QED) is 0.785. The molecule has 0 amide bonds. The number of hydrogen-bond donors (Lipinski definition) is 0. The van der Waals surface area contributed by atoms with Crippen LogP contribution in [0, 0.1) is 0 Å². The van der Waals surface area contributed by atoms with E-state index in [2.05, 4.69) is 4.90 Å². The standard InChI is InChI=1S/C12H15Cl2NO2/c1-16-8-17-10-5-4-9(13)11(14)12(10)15-6-2-3-7-15/h4-5H,2-3,6-8H2,1H3. The average molecular weight is 276 g/mol. The Hall–Kier alpha value is -0.640. The SMILES string of the molecule is COCOc1ccc(Cl)c(Cl)c1N1CCCC1. The van der Waals surface area contributed by atoms with Crippen LogP contribution in [0.3, 0.4) is 0 Å². The van der Waals surface area contributed by atoms with Crippen LogP contribution in [0.25, 0.3) is 0 Å². The molecule has 3 nitrogen and oxygen atoms in total. The lowest BCUT2D eigenvalue weighted by atomic mass is 10.2. The third-order valence-corrected chi connectivity index (χ3v) is 3.58. The van der Waals surface area contributed by atoms with E-state index in [1.165, 1.54) is 12.8 Å². The molecule has 0 radical (unpaired) electrons. The van der Waals surface area contributed by atoms with Crippen LogP contribution in [-0.2, 0) is 4.74 Å². The molecular formula is C12H15Cl2NO2. The Balaban J connectivity index is 2.33. The Morgan fingerprint density at radius 2 is 1.94 bits per heavy atom. The van der Waals surface area contributed by atoms with E-state index in [0.717, 1.165) is 24.5 Å². The molecule has 0 aromatic heterocycles. The van der Waals surface area contributed by atoms with Gasteiger partial charge in [0.05, 0.1) is 15.7 Å². The molecule has 0 aliphatic carbocycles. The van der Waals surface area contributed by atoms with E-state index in [9.17, 15) is 0 Å². The Labute approximate surface area is 111 Å². The molecule has 1 aromatic rings. The molecule has 0 unspecified atom stereocenters. The fourth-order valence-corrected chi connectivity index (χ4v) is 2.42. The van der Waals surface area contributed by atoms with Crippen LogP contribution in [0.15, 0.2) is 12.1 Å². The summed E-state index contributed by atoms with van der Waals surface area (Å²) in [6.07, 6.45) is 2.35. The van der Waals surface area contributed by atoms with Crippen molar-refractivity contribution in [3.8, 4) is 5.75 Å². The first-order valence-corrected chi connectivity index (χ1v) is 6.34. The van der Waals surface area contributed by atoms with Crippen molar-refractivity contribution in [2.45, 2.75) is 12.8 Å². The zero-order valence-electron chi connectivity index (χ0n) is 9.71. The van der Waals surface area contributed by atoms with E-state index in [4.69, 9.17) is 32.7 Å². The second-order valence-electron chi connectivity index (χ2n) is 3.95. The fourth-order valence-electron chi connectivity index (χ4n) is 2.00. The summed E-state index contributed by atoms with van der Waals surface area (Å²) in [5.41, 5.74) is 0.883. The molecule has 1 aromatic carbocycles. The van der Waals surface area contributed by atoms with Gasteiger partial charge < -0.3 is 14.4 Å². The molecule has 0 atom stereocenters. The fraction of sp³-hybridized carbons (Fsp3) is 0.500. The summed E-state index contributed by atoms with van der Waals surface area (Å²) in [5.74, 6) is 0.725. The average Bonchev–Trinajstić information content (AvgIpc) is 2.84. The van der Waals surface area contributed by atoms with Gasteiger partial charge in [-0.25, -0.2) is 0 Å².